The number of anilines is 1. The van der Waals surface area contributed by atoms with E-state index in [2.05, 4.69) is 20.8 Å². The number of aromatic nitrogens is 1. The molecule has 0 aliphatic rings. The van der Waals surface area contributed by atoms with Crippen LogP contribution < -0.4 is 9.64 Å². The smallest absolute Gasteiger partial charge is 0.260 e. The number of benzene rings is 2. The highest BCUT2D eigenvalue weighted by Gasteiger charge is 2.21. The maximum atomic E-state index is 13.3. The lowest BCUT2D eigenvalue weighted by Gasteiger charge is -2.21. The van der Waals surface area contributed by atoms with Gasteiger partial charge in [0.15, 0.2) is 5.13 Å². The fraction of sp³-hybridized carbons (Fsp3) is 0.364. The van der Waals surface area contributed by atoms with Crippen molar-refractivity contribution in [3.05, 3.63) is 52.5 Å². The third kappa shape index (κ3) is 6.41. The third-order valence-corrected chi connectivity index (χ3v) is 5.81. The van der Waals surface area contributed by atoms with Crippen molar-refractivity contribution in [2.45, 2.75) is 26.4 Å². The second kappa shape index (κ2) is 11.1. The van der Waals surface area contributed by atoms with E-state index in [9.17, 15) is 4.79 Å². The van der Waals surface area contributed by atoms with Crippen molar-refractivity contribution in [2.24, 2.45) is 0 Å². The van der Waals surface area contributed by atoms with E-state index in [1.165, 1.54) is 11.3 Å². The molecule has 0 unspecified atom stereocenters. The first-order valence-corrected chi connectivity index (χ1v) is 11.2. The van der Waals surface area contributed by atoms with Crippen molar-refractivity contribution in [3.8, 4) is 5.75 Å². The number of rotatable bonds is 8. The number of hydrogen-bond acceptors (Lipinski definition) is 5. The average Bonchev–Trinajstić information content (AvgIpc) is 3.07. The Hall–Kier alpha value is -1.67. The van der Waals surface area contributed by atoms with Crippen molar-refractivity contribution in [3.63, 3.8) is 0 Å². The molecule has 0 radical (unpaired) electrons. The number of fused-ring (bicyclic) bond motifs is 1. The molecule has 30 heavy (non-hydrogen) atoms. The first kappa shape index (κ1) is 24.6. The predicted octanol–water partition coefficient (Wildman–Crippen LogP) is 5.87. The number of ether oxygens (including phenoxy) is 1. The molecule has 1 aromatic heterocycles. The molecule has 0 atom stereocenters. The Morgan fingerprint density at radius 3 is 2.47 bits per heavy atom. The van der Waals surface area contributed by atoms with Crippen molar-refractivity contribution in [1.29, 1.82) is 0 Å². The quantitative estimate of drug-likeness (QED) is 0.379. The van der Waals surface area contributed by atoms with E-state index in [1.54, 1.807) is 4.90 Å². The summed E-state index contributed by atoms with van der Waals surface area (Å²) in [7, 11) is 4.07. The fourth-order valence-corrected chi connectivity index (χ4v) is 4.48. The van der Waals surface area contributed by atoms with E-state index in [4.69, 9.17) is 9.72 Å². The normalized spacial score (nSPS) is 11.0. The van der Waals surface area contributed by atoms with E-state index in [-0.39, 0.29) is 24.4 Å². The number of amides is 1. The highest BCUT2D eigenvalue weighted by atomic mass is 79.9. The van der Waals surface area contributed by atoms with Gasteiger partial charge in [-0.3, -0.25) is 9.69 Å². The SMILES string of the molecule is CC(C)Oc1ccc(C(=O)N(CCCN(C)C)c2nc3ccc(Br)cc3s2)cc1.Cl. The summed E-state index contributed by atoms with van der Waals surface area (Å²) in [5.74, 6) is 0.721. The van der Waals surface area contributed by atoms with Crippen LogP contribution in [0.2, 0.25) is 0 Å². The van der Waals surface area contributed by atoms with Gasteiger partial charge in [-0.05, 0) is 83.4 Å². The van der Waals surface area contributed by atoms with Gasteiger partial charge in [0.25, 0.3) is 5.91 Å². The minimum Gasteiger partial charge on any atom is -0.491 e. The summed E-state index contributed by atoms with van der Waals surface area (Å²) in [5.41, 5.74) is 1.53. The molecule has 0 spiro atoms. The van der Waals surface area contributed by atoms with Gasteiger partial charge in [-0.1, -0.05) is 27.3 Å². The van der Waals surface area contributed by atoms with Gasteiger partial charge >= 0.3 is 0 Å². The van der Waals surface area contributed by atoms with Crippen LogP contribution in [0.3, 0.4) is 0 Å². The molecule has 5 nitrogen and oxygen atoms in total. The van der Waals surface area contributed by atoms with Gasteiger partial charge in [-0.2, -0.15) is 0 Å². The van der Waals surface area contributed by atoms with E-state index < -0.39 is 0 Å². The molecule has 1 heterocycles. The molecule has 0 aliphatic heterocycles. The van der Waals surface area contributed by atoms with E-state index in [1.807, 2.05) is 70.4 Å². The summed E-state index contributed by atoms with van der Waals surface area (Å²) in [6.45, 7) is 5.48. The number of halogens is 2. The van der Waals surface area contributed by atoms with Crippen LogP contribution in [0.15, 0.2) is 46.9 Å². The molecule has 0 saturated carbocycles. The highest BCUT2D eigenvalue weighted by molar-refractivity contribution is 9.10. The summed E-state index contributed by atoms with van der Waals surface area (Å²) >= 11 is 5.05. The molecule has 0 N–H and O–H groups in total. The Morgan fingerprint density at radius 2 is 1.83 bits per heavy atom. The van der Waals surface area contributed by atoms with Crippen LogP contribution >= 0.6 is 39.7 Å². The van der Waals surface area contributed by atoms with E-state index >= 15 is 0 Å². The third-order valence-electron chi connectivity index (χ3n) is 4.28. The first-order valence-electron chi connectivity index (χ1n) is 9.63. The van der Waals surface area contributed by atoms with Crippen LogP contribution in [-0.4, -0.2) is 49.1 Å². The highest BCUT2D eigenvalue weighted by Crippen LogP contribution is 2.32. The summed E-state index contributed by atoms with van der Waals surface area (Å²) in [6, 6.07) is 13.3. The standard InChI is InChI=1S/C22H26BrN3O2S.ClH/c1-15(2)28-18-9-6-16(7-10-18)21(27)26(13-5-12-25(3)4)22-24-19-11-8-17(23)14-20(19)29-22;/h6-11,14-15H,5,12-13H2,1-4H3;1H. The second-order valence-electron chi connectivity index (χ2n) is 7.41. The first-order chi connectivity index (χ1) is 13.8. The summed E-state index contributed by atoms with van der Waals surface area (Å²) in [6.07, 6.45) is 0.966. The van der Waals surface area contributed by atoms with Gasteiger partial charge in [0.2, 0.25) is 0 Å². The van der Waals surface area contributed by atoms with Crippen molar-refractivity contribution in [2.75, 3.05) is 32.1 Å². The minimum absolute atomic E-state index is 0. The van der Waals surface area contributed by atoms with E-state index in [0.29, 0.717) is 12.1 Å². The van der Waals surface area contributed by atoms with Gasteiger partial charge in [-0.25, -0.2) is 4.98 Å². The summed E-state index contributed by atoms with van der Waals surface area (Å²) in [4.78, 5) is 22.0. The zero-order valence-corrected chi connectivity index (χ0v) is 20.8. The van der Waals surface area contributed by atoms with E-state index in [0.717, 1.165) is 38.5 Å². The van der Waals surface area contributed by atoms with Crippen LogP contribution in [0, 0.1) is 0 Å². The van der Waals surface area contributed by atoms with Crippen LogP contribution in [0.5, 0.6) is 5.75 Å². The molecule has 162 valence electrons. The molecule has 0 aliphatic carbocycles. The van der Waals surface area contributed by atoms with Crippen LogP contribution in [0.25, 0.3) is 10.2 Å². The zero-order chi connectivity index (χ0) is 21.0. The molecule has 2 aromatic carbocycles. The number of carbonyl (C=O) groups excluding carboxylic acids is 1. The number of nitrogens with zero attached hydrogens (tertiary/aromatic N) is 3. The second-order valence-corrected chi connectivity index (χ2v) is 9.34. The van der Waals surface area contributed by atoms with Gasteiger partial charge < -0.3 is 9.64 Å². The van der Waals surface area contributed by atoms with Crippen molar-refractivity contribution < 1.29 is 9.53 Å². The molecule has 1 amide bonds. The molecule has 8 heteroatoms. The molecular formula is C22H27BrClN3O2S. The molecule has 0 bridgehead atoms. The molecule has 0 fully saturated rings. The average molecular weight is 513 g/mol. The fourth-order valence-electron chi connectivity index (χ4n) is 2.93. The summed E-state index contributed by atoms with van der Waals surface area (Å²) < 4.78 is 7.75. The maximum absolute atomic E-state index is 13.3. The topological polar surface area (TPSA) is 45.7 Å². The van der Waals surface area contributed by atoms with Gasteiger partial charge in [0.05, 0.1) is 16.3 Å². The van der Waals surface area contributed by atoms with Crippen LogP contribution in [0.4, 0.5) is 5.13 Å². The molecule has 0 saturated heterocycles. The number of carbonyl (C=O) groups is 1. The zero-order valence-electron chi connectivity index (χ0n) is 17.6. The number of thiazole rings is 1. The molecule has 3 rings (SSSR count). The van der Waals surface area contributed by atoms with Crippen LogP contribution in [-0.2, 0) is 0 Å². The van der Waals surface area contributed by atoms with Crippen LogP contribution in [0.1, 0.15) is 30.6 Å². The Labute approximate surface area is 196 Å². The Bertz CT molecular complexity index is 976. The lowest BCUT2D eigenvalue weighted by molar-refractivity contribution is 0.0986. The maximum Gasteiger partial charge on any atom is 0.260 e. The largest absolute Gasteiger partial charge is 0.491 e. The van der Waals surface area contributed by atoms with Gasteiger partial charge in [0.1, 0.15) is 5.75 Å². The number of hydrogen-bond donors (Lipinski definition) is 0. The minimum atomic E-state index is -0.0435. The Balaban J connectivity index is 0.00000320. The molecular weight excluding hydrogens is 486 g/mol. The lowest BCUT2D eigenvalue weighted by atomic mass is 10.2. The Kier molecular flexibility index (Phi) is 9.09. The monoisotopic (exact) mass is 511 g/mol. The van der Waals surface area contributed by atoms with Gasteiger partial charge in [-0.15, -0.1) is 12.4 Å². The Morgan fingerprint density at radius 1 is 1.13 bits per heavy atom. The lowest BCUT2D eigenvalue weighted by Crippen LogP contribution is -2.33. The van der Waals surface area contributed by atoms with Crippen molar-refractivity contribution >= 4 is 60.9 Å². The van der Waals surface area contributed by atoms with Gasteiger partial charge in [0, 0.05) is 16.6 Å². The molecule has 3 aromatic rings. The predicted molar refractivity (Wildman–Crippen MR) is 132 cm³/mol. The summed E-state index contributed by atoms with van der Waals surface area (Å²) in [5, 5.41) is 0.726. The van der Waals surface area contributed by atoms with Crippen molar-refractivity contribution in [1.82, 2.24) is 9.88 Å².